The normalized spacial score (nSPS) is 33.1. The van der Waals surface area contributed by atoms with Crippen LogP contribution in [0.2, 0.25) is 0 Å². The molecule has 1 heterocycles. The molecular formula is C16H33N3O. The van der Waals surface area contributed by atoms with Crippen LogP contribution in [0.15, 0.2) is 0 Å². The number of hydrogen-bond donors (Lipinski definition) is 2. The minimum absolute atomic E-state index is 0.408. The molecule has 0 spiro atoms. The Morgan fingerprint density at radius 2 is 2.00 bits per heavy atom. The molecule has 2 atom stereocenters. The van der Waals surface area contributed by atoms with Crippen LogP contribution in [0.3, 0.4) is 0 Å². The first-order valence-electron chi connectivity index (χ1n) is 8.44. The van der Waals surface area contributed by atoms with Gasteiger partial charge >= 0.3 is 0 Å². The molecule has 20 heavy (non-hydrogen) atoms. The highest BCUT2D eigenvalue weighted by Crippen LogP contribution is 2.37. The Hall–Kier alpha value is -0.160. The predicted octanol–water partition coefficient (Wildman–Crippen LogP) is 1.28. The second-order valence-electron chi connectivity index (χ2n) is 6.83. The minimum Gasteiger partial charge on any atom is -0.388 e. The lowest BCUT2D eigenvalue weighted by Crippen LogP contribution is -2.45. The third-order valence-corrected chi connectivity index (χ3v) is 5.73. The van der Waals surface area contributed by atoms with Crippen molar-refractivity contribution < 1.29 is 5.11 Å². The summed E-state index contributed by atoms with van der Waals surface area (Å²) in [6, 6.07) is 0.727. The van der Waals surface area contributed by atoms with E-state index in [4.69, 9.17) is 5.73 Å². The van der Waals surface area contributed by atoms with Crippen LogP contribution in [0.4, 0.5) is 0 Å². The molecular weight excluding hydrogens is 250 g/mol. The number of nitrogens with two attached hydrogens (primary N) is 1. The van der Waals surface area contributed by atoms with Crippen molar-refractivity contribution in [2.75, 3.05) is 39.8 Å². The Balaban J connectivity index is 1.74. The predicted molar refractivity (Wildman–Crippen MR) is 83.7 cm³/mol. The quantitative estimate of drug-likeness (QED) is 0.771. The largest absolute Gasteiger partial charge is 0.388 e. The first-order valence-corrected chi connectivity index (χ1v) is 8.44. The Labute approximate surface area is 124 Å². The average molecular weight is 283 g/mol. The molecule has 0 aromatic carbocycles. The fourth-order valence-corrected chi connectivity index (χ4v) is 4.03. The lowest BCUT2D eigenvalue weighted by Gasteiger charge is -2.37. The smallest absolute Gasteiger partial charge is 0.0797 e. The number of nitrogens with zero attached hydrogens (tertiary/aromatic N) is 2. The number of aliphatic hydroxyl groups is 1. The molecule has 0 amide bonds. The first kappa shape index (κ1) is 16.2. The monoisotopic (exact) mass is 283 g/mol. The van der Waals surface area contributed by atoms with E-state index in [1.165, 1.54) is 32.5 Å². The molecule has 2 aliphatic rings. The highest BCUT2D eigenvalue weighted by Gasteiger charge is 2.39. The van der Waals surface area contributed by atoms with Gasteiger partial charge in [-0.1, -0.05) is 13.3 Å². The average Bonchev–Trinajstić information content (AvgIpc) is 2.86. The minimum atomic E-state index is -0.577. The zero-order valence-corrected chi connectivity index (χ0v) is 13.4. The second kappa shape index (κ2) is 7.21. The summed E-state index contributed by atoms with van der Waals surface area (Å²) in [5.74, 6) is 0.408. The van der Waals surface area contributed by atoms with Crippen LogP contribution in [0.1, 0.15) is 45.4 Å². The molecule has 0 aromatic rings. The number of likely N-dealkylation sites (tertiary alicyclic amines) is 1. The van der Waals surface area contributed by atoms with Gasteiger partial charge in [-0.05, 0) is 71.2 Å². The summed E-state index contributed by atoms with van der Waals surface area (Å²) in [4.78, 5) is 5.05. The highest BCUT2D eigenvalue weighted by molar-refractivity contribution is 4.93. The Morgan fingerprint density at radius 1 is 1.30 bits per heavy atom. The van der Waals surface area contributed by atoms with E-state index in [-0.39, 0.29) is 0 Å². The molecule has 0 radical (unpaired) electrons. The van der Waals surface area contributed by atoms with Gasteiger partial charge in [-0.2, -0.15) is 0 Å². The van der Waals surface area contributed by atoms with Gasteiger partial charge in [-0.3, -0.25) is 0 Å². The maximum absolute atomic E-state index is 10.5. The Kier molecular flexibility index (Phi) is 5.84. The molecule has 0 aromatic heterocycles. The van der Waals surface area contributed by atoms with E-state index in [0.29, 0.717) is 12.5 Å². The van der Waals surface area contributed by atoms with Crippen molar-refractivity contribution >= 4 is 0 Å². The van der Waals surface area contributed by atoms with Crippen LogP contribution in [0.25, 0.3) is 0 Å². The molecule has 1 aliphatic heterocycles. The molecule has 4 nitrogen and oxygen atoms in total. The summed E-state index contributed by atoms with van der Waals surface area (Å²) < 4.78 is 0. The maximum atomic E-state index is 10.5. The van der Waals surface area contributed by atoms with Crippen LogP contribution in [-0.2, 0) is 0 Å². The number of piperidine rings is 1. The van der Waals surface area contributed by atoms with E-state index in [1.807, 2.05) is 0 Å². The fourth-order valence-electron chi connectivity index (χ4n) is 4.03. The molecule has 118 valence electrons. The van der Waals surface area contributed by atoms with E-state index >= 15 is 0 Å². The van der Waals surface area contributed by atoms with Gasteiger partial charge in [0.1, 0.15) is 0 Å². The topological polar surface area (TPSA) is 52.7 Å². The molecule has 2 rings (SSSR count). The fraction of sp³-hybridized carbons (Fsp3) is 1.00. The summed E-state index contributed by atoms with van der Waals surface area (Å²) >= 11 is 0. The molecule has 0 bridgehead atoms. The zero-order valence-electron chi connectivity index (χ0n) is 13.4. The standard InChI is InChI=1S/C16H33N3O/c1-3-19-11-7-15(8-12-19)18(2)10-6-14-5-4-9-16(14,20)13-17/h14-15,20H,3-13,17H2,1-2H3. The van der Waals surface area contributed by atoms with Crippen LogP contribution in [0.5, 0.6) is 0 Å². The van der Waals surface area contributed by atoms with Crippen molar-refractivity contribution in [1.82, 2.24) is 9.80 Å². The highest BCUT2D eigenvalue weighted by atomic mass is 16.3. The van der Waals surface area contributed by atoms with Gasteiger partial charge in [-0.25, -0.2) is 0 Å². The summed E-state index contributed by atoms with van der Waals surface area (Å²) in [7, 11) is 2.25. The van der Waals surface area contributed by atoms with Gasteiger partial charge in [0.15, 0.2) is 0 Å². The van der Waals surface area contributed by atoms with E-state index < -0.39 is 5.60 Å². The van der Waals surface area contributed by atoms with Gasteiger partial charge < -0.3 is 20.6 Å². The van der Waals surface area contributed by atoms with Crippen LogP contribution >= 0.6 is 0 Å². The van der Waals surface area contributed by atoms with Gasteiger partial charge in [0, 0.05) is 12.6 Å². The summed E-state index contributed by atoms with van der Waals surface area (Å²) in [5, 5.41) is 10.5. The van der Waals surface area contributed by atoms with Crippen LogP contribution in [0, 0.1) is 5.92 Å². The van der Waals surface area contributed by atoms with Crippen LogP contribution < -0.4 is 5.73 Å². The molecule has 4 heteroatoms. The van der Waals surface area contributed by atoms with Crippen molar-refractivity contribution in [3.63, 3.8) is 0 Å². The summed E-state index contributed by atoms with van der Waals surface area (Å²) in [6.07, 6.45) is 6.85. The Bertz CT molecular complexity index is 291. The van der Waals surface area contributed by atoms with Gasteiger partial charge in [-0.15, -0.1) is 0 Å². The van der Waals surface area contributed by atoms with Crippen molar-refractivity contribution in [3.05, 3.63) is 0 Å². The number of hydrogen-bond acceptors (Lipinski definition) is 4. The van der Waals surface area contributed by atoms with Crippen molar-refractivity contribution in [1.29, 1.82) is 0 Å². The first-order chi connectivity index (χ1) is 9.59. The molecule has 1 saturated carbocycles. The number of rotatable bonds is 6. The van der Waals surface area contributed by atoms with Crippen molar-refractivity contribution in [3.8, 4) is 0 Å². The second-order valence-corrected chi connectivity index (χ2v) is 6.83. The SMILES string of the molecule is CCN1CCC(N(C)CCC2CCCC2(O)CN)CC1. The molecule has 3 N–H and O–H groups in total. The molecule has 1 saturated heterocycles. The Morgan fingerprint density at radius 3 is 2.60 bits per heavy atom. The van der Waals surface area contributed by atoms with Crippen molar-refractivity contribution in [2.45, 2.75) is 57.1 Å². The summed E-state index contributed by atoms with van der Waals surface area (Å²) in [5.41, 5.74) is 5.19. The van der Waals surface area contributed by atoms with Crippen molar-refractivity contribution in [2.24, 2.45) is 11.7 Å². The third-order valence-electron chi connectivity index (χ3n) is 5.73. The molecule has 1 aliphatic carbocycles. The van der Waals surface area contributed by atoms with Gasteiger partial charge in [0.2, 0.25) is 0 Å². The van der Waals surface area contributed by atoms with E-state index in [2.05, 4.69) is 23.8 Å². The summed E-state index contributed by atoms with van der Waals surface area (Å²) in [6.45, 7) is 7.43. The van der Waals surface area contributed by atoms with E-state index in [1.54, 1.807) is 0 Å². The molecule has 2 unspecified atom stereocenters. The maximum Gasteiger partial charge on any atom is 0.0797 e. The van der Waals surface area contributed by atoms with Gasteiger partial charge in [0.05, 0.1) is 5.60 Å². The van der Waals surface area contributed by atoms with Gasteiger partial charge in [0.25, 0.3) is 0 Å². The zero-order chi connectivity index (χ0) is 14.6. The molecule has 2 fully saturated rings. The lowest BCUT2D eigenvalue weighted by molar-refractivity contribution is 0.00284. The van der Waals surface area contributed by atoms with E-state index in [0.717, 1.165) is 38.3 Å². The van der Waals surface area contributed by atoms with E-state index in [9.17, 15) is 5.11 Å². The lowest BCUT2D eigenvalue weighted by atomic mass is 9.88. The van der Waals surface area contributed by atoms with Crippen LogP contribution in [-0.4, -0.2) is 66.3 Å². The third kappa shape index (κ3) is 3.73.